The first-order chi connectivity index (χ1) is 21.0. The molecule has 12 nitrogen and oxygen atoms in total. The van der Waals surface area contributed by atoms with Gasteiger partial charge in [0.05, 0.1) is 43.6 Å². The monoisotopic (exact) mass is 622 g/mol. The van der Waals surface area contributed by atoms with Crippen molar-refractivity contribution in [1.29, 1.82) is 0 Å². The third kappa shape index (κ3) is 7.10. The van der Waals surface area contributed by atoms with Crippen molar-refractivity contribution in [3.63, 3.8) is 0 Å². The third-order valence-electron chi connectivity index (χ3n) is 6.72. The van der Waals surface area contributed by atoms with Crippen LogP contribution in [0.25, 0.3) is 0 Å². The highest BCUT2D eigenvalue weighted by Gasteiger charge is 2.38. The lowest BCUT2D eigenvalue weighted by atomic mass is 10.0. The summed E-state index contributed by atoms with van der Waals surface area (Å²) in [7, 11) is 1.49. The van der Waals surface area contributed by atoms with Crippen LogP contribution < -0.4 is 20.5 Å². The molecule has 0 amide bonds. The number of hydrogen-bond acceptors (Lipinski definition) is 11. The number of ether oxygens (including phenoxy) is 2. The molecular formula is C27H27F5N8O4. The van der Waals surface area contributed by atoms with Crippen LogP contribution in [0.1, 0.15) is 47.7 Å². The highest BCUT2D eigenvalue weighted by Crippen LogP contribution is 2.32. The Bertz CT molecular complexity index is 1610. The van der Waals surface area contributed by atoms with Gasteiger partial charge in [0.2, 0.25) is 17.7 Å². The van der Waals surface area contributed by atoms with Crippen molar-refractivity contribution in [3.05, 3.63) is 81.7 Å². The van der Waals surface area contributed by atoms with Crippen LogP contribution >= 0.6 is 0 Å². The smallest absolute Gasteiger partial charge is 0.423 e. The van der Waals surface area contributed by atoms with Gasteiger partial charge in [0.25, 0.3) is 12.0 Å². The highest BCUT2D eigenvalue weighted by atomic mass is 19.4. The van der Waals surface area contributed by atoms with Gasteiger partial charge in [0, 0.05) is 31.5 Å². The molecular weight excluding hydrogens is 595 g/mol. The van der Waals surface area contributed by atoms with Gasteiger partial charge in [-0.2, -0.15) is 18.3 Å². The minimum Gasteiger partial charge on any atom is -0.497 e. The SMILES string of the molecule is COc1ccc(Cn2ncc(NC(C)COCc3nnc(C4CN(c5ncc(C(F)F)cn5)C4)o3)c(C(F)(F)F)c2=O)cc1. The van der Waals surface area contributed by atoms with Gasteiger partial charge in [-0.3, -0.25) is 4.79 Å². The molecule has 1 aliphatic rings. The lowest BCUT2D eigenvalue weighted by Crippen LogP contribution is -2.46. The average molecular weight is 623 g/mol. The second kappa shape index (κ2) is 12.9. The standard InChI is InChI=1S/C27H27F5N8O4/c1-15(36-20-9-35-40(25(41)22(20)27(30,31)32)10-16-3-5-19(42-2)6-4-16)13-43-14-21-37-38-24(44-21)18-11-39(12-18)26-33-7-17(8-34-26)23(28)29/h3-9,15,18,23,36H,10-14H2,1-2H3. The summed E-state index contributed by atoms with van der Waals surface area (Å²) < 4.78 is 84.1. The summed E-state index contributed by atoms with van der Waals surface area (Å²) in [6.45, 7) is 2.19. The van der Waals surface area contributed by atoms with Crippen molar-refractivity contribution < 1.29 is 35.8 Å². The summed E-state index contributed by atoms with van der Waals surface area (Å²) in [4.78, 5) is 22.5. The number of alkyl halides is 5. The van der Waals surface area contributed by atoms with Crippen LogP contribution in [0.2, 0.25) is 0 Å². The molecule has 5 rings (SSSR count). The molecule has 234 valence electrons. The third-order valence-corrected chi connectivity index (χ3v) is 6.72. The first-order valence-electron chi connectivity index (χ1n) is 13.3. The van der Waals surface area contributed by atoms with Crippen LogP contribution in [0.4, 0.5) is 33.6 Å². The number of hydrogen-bond donors (Lipinski definition) is 1. The molecule has 1 unspecified atom stereocenters. The molecule has 0 bridgehead atoms. The summed E-state index contributed by atoms with van der Waals surface area (Å²) in [6, 6.07) is 5.89. The van der Waals surface area contributed by atoms with Gasteiger partial charge in [-0.15, -0.1) is 10.2 Å². The second-order valence-corrected chi connectivity index (χ2v) is 10.1. The van der Waals surface area contributed by atoms with E-state index >= 15 is 0 Å². The van der Waals surface area contributed by atoms with Crippen LogP contribution in [-0.4, -0.2) is 62.8 Å². The molecule has 1 aliphatic heterocycles. The van der Waals surface area contributed by atoms with E-state index in [1.807, 2.05) is 0 Å². The quantitative estimate of drug-likeness (QED) is 0.230. The zero-order valence-electron chi connectivity index (χ0n) is 23.5. The van der Waals surface area contributed by atoms with Crippen molar-refractivity contribution >= 4 is 11.6 Å². The topological polar surface area (TPSA) is 133 Å². The number of rotatable bonds is 12. The van der Waals surface area contributed by atoms with Gasteiger partial charge in [0.15, 0.2) is 0 Å². The summed E-state index contributed by atoms with van der Waals surface area (Å²) in [5.74, 6) is 1.29. The number of nitrogens with one attached hydrogen (secondary N) is 1. The number of nitrogens with zero attached hydrogens (tertiary/aromatic N) is 7. The van der Waals surface area contributed by atoms with E-state index in [9.17, 15) is 26.7 Å². The van der Waals surface area contributed by atoms with Crippen LogP contribution in [0, 0.1) is 0 Å². The van der Waals surface area contributed by atoms with Gasteiger partial charge in [-0.05, 0) is 24.6 Å². The molecule has 1 saturated heterocycles. The van der Waals surface area contributed by atoms with E-state index in [2.05, 4.69) is 30.6 Å². The van der Waals surface area contributed by atoms with E-state index in [0.717, 1.165) is 23.3 Å². The molecule has 1 fully saturated rings. The van der Waals surface area contributed by atoms with Gasteiger partial charge in [-0.25, -0.2) is 23.4 Å². The molecule has 0 radical (unpaired) electrons. The van der Waals surface area contributed by atoms with E-state index in [-0.39, 0.29) is 37.1 Å². The Kier molecular flexibility index (Phi) is 9.03. The normalized spacial score (nSPS) is 14.5. The molecule has 1 atom stereocenters. The summed E-state index contributed by atoms with van der Waals surface area (Å²) in [5.41, 5.74) is -2.80. The van der Waals surface area contributed by atoms with Crippen LogP contribution in [-0.2, 0) is 24.1 Å². The maximum Gasteiger partial charge on any atom is 0.423 e. The first-order valence-corrected chi connectivity index (χ1v) is 13.3. The average Bonchev–Trinajstić information content (AvgIpc) is 3.42. The van der Waals surface area contributed by atoms with Gasteiger partial charge in [0.1, 0.15) is 17.9 Å². The Morgan fingerprint density at radius 2 is 1.80 bits per heavy atom. The predicted molar refractivity (Wildman–Crippen MR) is 145 cm³/mol. The molecule has 0 spiro atoms. The Balaban J connectivity index is 1.13. The number of anilines is 2. The minimum atomic E-state index is -4.93. The maximum atomic E-state index is 13.9. The van der Waals surface area contributed by atoms with E-state index in [4.69, 9.17) is 13.9 Å². The highest BCUT2D eigenvalue weighted by molar-refractivity contribution is 5.50. The fourth-order valence-corrected chi connectivity index (χ4v) is 4.41. The van der Waals surface area contributed by atoms with Gasteiger partial charge < -0.3 is 24.1 Å². The predicted octanol–water partition coefficient (Wildman–Crippen LogP) is 4.05. The Morgan fingerprint density at radius 1 is 1.09 bits per heavy atom. The lowest BCUT2D eigenvalue weighted by molar-refractivity contribution is -0.138. The van der Waals surface area contributed by atoms with Crippen molar-refractivity contribution in [2.75, 3.05) is 37.0 Å². The second-order valence-electron chi connectivity index (χ2n) is 10.1. The Labute approximate surface area is 246 Å². The summed E-state index contributed by atoms with van der Waals surface area (Å²) >= 11 is 0. The van der Waals surface area contributed by atoms with E-state index in [1.165, 1.54) is 7.11 Å². The van der Waals surface area contributed by atoms with Crippen LogP contribution in [0.3, 0.4) is 0 Å². The first kappa shape index (κ1) is 30.8. The van der Waals surface area contributed by atoms with E-state index in [0.29, 0.717) is 36.2 Å². The van der Waals surface area contributed by atoms with Crippen LogP contribution in [0.15, 0.2) is 52.1 Å². The zero-order valence-corrected chi connectivity index (χ0v) is 23.5. The van der Waals surface area contributed by atoms with E-state index < -0.39 is 35.5 Å². The Morgan fingerprint density at radius 3 is 2.43 bits per heavy atom. The fraction of sp³-hybridized carbons (Fsp3) is 0.407. The largest absolute Gasteiger partial charge is 0.497 e. The van der Waals surface area contributed by atoms with Crippen molar-refractivity contribution in [1.82, 2.24) is 29.9 Å². The molecule has 3 aromatic heterocycles. The molecule has 0 saturated carbocycles. The molecule has 1 aromatic carbocycles. The van der Waals surface area contributed by atoms with Gasteiger partial charge in [-0.1, -0.05) is 12.1 Å². The van der Waals surface area contributed by atoms with Crippen LogP contribution in [0.5, 0.6) is 5.75 Å². The number of aromatic nitrogens is 6. The molecule has 0 aliphatic carbocycles. The van der Waals surface area contributed by atoms with Crippen molar-refractivity contribution in [2.24, 2.45) is 0 Å². The molecule has 1 N–H and O–H groups in total. The summed E-state index contributed by atoms with van der Waals surface area (Å²) in [5, 5.41) is 14.5. The summed E-state index contributed by atoms with van der Waals surface area (Å²) in [6.07, 6.45) is -4.45. The van der Waals surface area contributed by atoms with Crippen molar-refractivity contribution in [3.8, 4) is 5.75 Å². The number of methoxy groups -OCH3 is 1. The molecule has 4 aromatic rings. The zero-order chi connectivity index (χ0) is 31.4. The molecule has 44 heavy (non-hydrogen) atoms. The van der Waals surface area contributed by atoms with E-state index in [1.54, 1.807) is 36.1 Å². The minimum absolute atomic E-state index is 0.0485. The molecule has 17 heteroatoms. The van der Waals surface area contributed by atoms with Crippen molar-refractivity contribution in [2.45, 2.75) is 44.6 Å². The molecule has 4 heterocycles. The Hall–Kier alpha value is -4.67. The number of benzene rings is 1. The van der Waals surface area contributed by atoms with Gasteiger partial charge >= 0.3 is 6.18 Å². The fourth-order valence-electron chi connectivity index (χ4n) is 4.41. The maximum absolute atomic E-state index is 13.9. The number of halogens is 5. The lowest BCUT2D eigenvalue weighted by Gasteiger charge is -2.37.